The topological polar surface area (TPSA) is 52.0 Å². The van der Waals surface area contributed by atoms with Crippen LogP contribution in [-0.4, -0.2) is 4.98 Å². The van der Waals surface area contributed by atoms with Gasteiger partial charge in [0.2, 0.25) is 5.89 Å². The lowest BCUT2D eigenvalue weighted by Gasteiger charge is -2.01. The van der Waals surface area contributed by atoms with E-state index in [0.717, 1.165) is 9.13 Å². The molecule has 0 aliphatic heterocycles. The summed E-state index contributed by atoms with van der Waals surface area (Å²) in [6, 6.07) is 5.43. The van der Waals surface area contributed by atoms with Gasteiger partial charge >= 0.3 is 0 Å². The second-order valence-corrected chi connectivity index (χ2v) is 5.07. The van der Waals surface area contributed by atoms with Crippen molar-refractivity contribution in [1.29, 1.82) is 0 Å². The fraction of sp³-hybridized carbons (Fsp3) is 0.182. The second-order valence-electron chi connectivity index (χ2n) is 3.48. The number of hydrogen-bond donors (Lipinski definition) is 1. The highest BCUT2D eigenvalue weighted by Gasteiger charge is 2.12. The Morgan fingerprint density at radius 1 is 1.50 bits per heavy atom. The van der Waals surface area contributed by atoms with Gasteiger partial charge in [-0.25, -0.2) is 4.98 Å². The number of benzene rings is 1. The normalized spacial score (nSPS) is 12.8. The maximum Gasteiger partial charge on any atom is 0.211 e. The fourth-order valence-electron chi connectivity index (χ4n) is 1.31. The van der Waals surface area contributed by atoms with Crippen LogP contribution in [0.5, 0.6) is 0 Å². The SMILES string of the molecule is CC(N)c1ncc(-c2cc(Cl)ccc2I)o1. The molecule has 1 unspecified atom stereocenters. The monoisotopic (exact) mass is 348 g/mol. The smallest absolute Gasteiger partial charge is 0.211 e. The average molecular weight is 349 g/mol. The van der Waals surface area contributed by atoms with Crippen LogP contribution >= 0.6 is 34.2 Å². The first kappa shape index (κ1) is 11.9. The molecule has 0 saturated heterocycles. The van der Waals surface area contributed by atoms with Crippen molar-refractivity contribution in [3.63, 3.8) is 0 Å². The largest absolute Gasteiger partial charge is 0.439 e. The summed E-state index contributed by atoms with van der Waals surface area (Å²) in [7, 11) is 0. The van der Waals surface area contributed by atoms with Gasteiger partial charge in [0.15, 0.2) is 5.76 Å². The summed E-state index contributed by atoms with van der Waals surface area (Å²) in [6.07, 6.45) is 1.67. The van der Waals surface area contributed by atoms with Crippen molar-refractivity contribution in [2.45, 2.75) is 13.0 Å². The minimum Gasteiger partial charge on any atom is -0.439 e. The lowest BCUT2D eigenvalue weighted by molar-refractivity contribution is 0.473. The molecule has 1 heterocycles. The molecule has 0 aliphatic rings. The van der Waals surface area contributed by atoms with Crippen molar-refractivity contribution in [3.8, 4) is 11.3 Å². The van der Waals surface area contributed by atoms with Crippen molar-refractivity contribution < 1.29 is 4.42 Å². The molecule has 16 heavy (non-hydrogen) atoms. The molecule has 0 bridgehead atoms. The van der Waals surface area contributed by atoms with Crippen molar-refractivity contribution in [1.82, 2.24) is 4.98 Å². The highest BCUT2D eigenvalue weighted by atomic mass is 127. The fourth-order valence-corrected chi connectivity index (χ4v) is 2.08. The Hall–Kier alpha value is -0.590. The van der Waals surface area contributed by atoms with Crippen LogP contribution in [0, 0.1) is 3.57 Å². The van der Waals surface area contributed by atoms with Gasteiger partial charge in [0, 0.05) is 14.2 Å². The molecule has 84 valence electrons. The number of oxazole rings is 1. The summed E-state index contributed by atoms with van der Waals surface area (Å²) in [5.74, 6) is 1.23. The molecule has 0 fully saturated rings. The van der Waals surface area contributed by atoms with Crippen LogP contribution in [0.25, 0.3) is 11.3 Å². The Morgan fingerprint density at radius 3 is 2.88 bits per heavy atom. The molecule has 1 aromatic carbocycles. The molecule has 0 spiro atoms. The first-order valence-corrected chi connectivity index (χ1v) is 6.20. The van der Waals surface area contributed by atoms with E-state index in [9.17, 15) is 0 Å². The predicted octanol–water partition coefficient (Wildman–Crippen LogP) is 3.62. The molecule has 2 aromatic rings. The third-order valence-electron chi connectivity index (χ3n) is 2.11. The highest BCUT2D eigenvalue weighted by Crippen LogP contribution is 2.29. The van der Waals surface area contributed by atoms with Gasteiger partial charge in [0.05, 0.1) is 12.2 Å². The average Bonchev–Trinajstić information content (AvgIpc) is 2.70. The summed E-state index contributed by atoms with van der Waals surface area (Å²) < 4.78 is 6.63. The molecule has 0 aliphatic carbocycles. The van der Waals surface area contributed by atoms with Gasteiger partial charge in [-0.3, -0.25) is 0 Å². The number of aromatic nitrogens is 1. The predicted molar refractivity (Wildman–Crippen MR) is 72.3 cm³/mol. The minimum atomic E-state index is -0.203. The molecule has 3 nitrogen and oxygen atoms in total. The molecule has 0 amide bonds. The number of halogens is 2. The van der Waals surface area contributed by atoms with E-state index in [-0.39, 0.29) is 6.04 Å². The highest BCUT2D eigenvalue weighted by molar-refractivity contribution is 14.1. The van der Waals surface area contributed by atoms with E-state index < -0.39 is 0 Å². The Labute approximate surface area is 112 Å². The zero-order valence-corrected chi connectivity index (χ0v) is 11.5. The third kappa shape index (κ3) is 2.39. The standard InChI is InChI=1S/C11H10ClIN2O/c1-6(14)11-15-5-10(16-11)8-4-7(12)2-3-9(8)13/h2-6H,14H2,1H3. The Kier molecular flexibility index (Phi) is 3.51. The van der Waals surface area contributed by atoms with Crippen LogP contribution in [0.2, 0.25) is 5.02 Å². The molecule has 0 radical (unpaired) electrons. The van der Waals surface area contributed by atoms with Crippen LogP contribution in [0.4, 0.5) is 0 Å². The van der Waals surface area contributed by atoms with Crippen LogP contribution in [-0.2, 0) is 0 Å². The van der Waals surface area contributed by atoms with Crippen LogP contribution in [0.1, 0.15) is 18.9 Å². The van der Waals surface area contributed by atoms with Crippen LogP contribution in [0.3, 0.4) is 0 Å². The quantitative estimate of drug-likeness (QED) is 0.843. The number of rotatable bonds is 2. The summed E-state index contributed by atoms with van der Waals surface area (Å²) >= 11 is 8.18. The van der Waals surface area contributed by atoms with E-state index in [0.29, 0.717) is 16.7 Å². The lowest BCUT2D eigenvalue weighted by atomic mass is 10.2. The van der Waals surface area contributed by atoms with Crippen molar-refractivity contribution in [2.24, 2.45) is 5.73 Å². The minimum absolute atomic E-state index is 0.203. The van der Waals surface area contributed by atoms with Crippen molar-refractivity contribution in [2.75, 3.05) is 0 Å². The van der Waals surface area contributed by atoms with Gasteiger partial charge in [-0.1, -0.05) is 11.6 Å². The number of hydrogen-bond acceptors (Lipinski definition) is 3. The molecule has 1 atom stereocenters. The van der Waals surface area contributed by atoms with E-state index in [1.54, 1.807) is 6.20 Å². The van der Waals surface area contributed by atoms with Crippen molar-refractivity contribution in [3.05, 3.63) is 38.9 Å². The van der Waals surface area contributed by atoms with Gasteiger partial charge in [-0.2, -0.15) is 0 Å². The van der Waals surface area contributed by atoms with Gasteiger partial charge < -0.3 is 10.2 Å². The maximum atomic E-state index is 5.95. The van der Waals surface area contributed by atoms with E-state index in [1.807, 2.05) is 25.1 Å². The molecule has 2 N–H and O–H groups in total. The van der Waals surface area contributed by atoms with Gasteiger partial charge in [0.25, 0.3) is 0 Å². The summed E-state index contributed by atoms with van der Waals surface area (Å²) in [4.78, 5) is 4.12. The van der Waals surface area contributed by atoms with Gasteiger partial charge in [-0.15, -0.1) is 0 Å². The van der Waals surface area contributed by atoms with Crippen LogP contribution in [0.15, 0.2) is 28.8 Å². The van der Waals surface area contributed by atoms with Crippen molar-refractivity contribution >= 4 is 34.2 Å². The molecule has 1 aromatic heterocycles. The second kappa shape index (κ2) is 4.73. The van der Waals surface area contributed by atoms with Gasteiger partial charge in [0.1, 0.15) is 0 Å². The third-order valence-corrected chi connectivity index (χ3v) is 3.28. The number of nitrogens with two attached hydrogens (primary N) is 1. The Bertz CT molecular complexity index is 510. The Morgan fingerprint density at radius 2 is 2.25 bits per heavy atom. The summed E-state index contributed by atoms with van der Waals surface area (Å²) in [5, 5.41) is 0.675. The van der Waals surface area contributed by atoms with E-state index in [1.165, 1.54) is 0 Å². The molecular weight excluding hydrogens is 338 g/mol. The molecule has 5 heteroatoms. The molecule has 2 rings (SSSR count). The van der Waals surface area contributed by atoms with Crippen LogP contribution < -0.4 is 5.73 Å². The first-order valence-electron chi connectivity index (χ1n) is 4.74. The first-order chi connectivity index (χ1) is 7.58. The van der Waals surface area contributed by atoms with E-state index in [2.05, 4.69) is 27.6 Å². The zero-order valence-electron chi connectivity index (χ0n) is 8.58. The maximum absolute atomic E-state index is 5.95. The van der Waals surface area contributed by atoms with Gasteiger partial charge in [-0.05, 0) is 47.7 Å². The van der Waals surface area contributed by atoms with E-state index >= 15 is 0 Å². The Balaban J connectivity index is 2.46. The summed E-state index contributed by atoms with van der Waals surface area (Å²) in [6.45, 7) is 1.83. The summed E-state index contributed by atoms with van der Waals surface area (Å²) in [5.41, 5.74) is 6.63. The molecule has 0 saturated carbocycles. The zero-order chi connectivity index (χ0) is 11.7. The number of nitrogens with zero attached hydrogens (tertiary/aromatic N) is 1. The molecular formula is C11H10ClIN2O. The van der Waals surface area contributed by atoms with E-state index in [4.69, 9.17) is 21.8 Å². The lowest BCUT2D eigenvalue weighted by Crippen LogP contribution is -2.04.